The van der Waals surface area contributed by atoms with Gasteiger partial charge in [-0.2, -0.15) is 0 Å². The van der Waals surface area contributed by atoms with Crippen LogP contribution in [0.15, 0.2) is 48.5 Å². The fraction of sp³-hybridized carbons (Fsp3) is 0.364. The Morgan fingerprint density at radius 2 is 1.48 bits per heavy atom. The first-order valence-electron chi connectivity index (χ1n) is 9.69. The van der Waals surface area contributed by atoms with Gasteiger partial charge < -0.3 is 25.0 Å². The average Bonchev–Trinajstić information content (AvgIpc) is 2.78. The number of ether oxygens (including phenoxy) is 2. The Bertz CT molecular complexity index is 813. The largest absolute Gasteiger partial charge is 0.497 e. The molecule has 3 amide bonds. The van der Waals surface area contributed by atoms with Gasteiger partial charge in [-0.05, 0) is 54.8 Å². The SMILES string of the molecule is COc1ccc(CNC(=O)NC2CCN(C(=O)c3ccc(OC)cc3)CC2)cc1. The number of hydrogen-bond acceptors (Lipinski definition) is 4. The lowest BCUT2D eigenvalue weighted by Gasteiger charge is -2.32. The molecule has 1 aliphatic rings. The second-order valence-electron chi connectivity index (χ2n) is 6.97. The molecular weight excluding hydrogens is 370 g/mol. The zero-order valence-electron chi connectivity index (χ0n) is 16.8. The molecule has 3 rings (SSSR count). The van der Waals surface area contributed by atoms with Crippen LogP contribution in [0.1, 0.15) is 28.8 Å². The van der Waals surface area contributed by atoms with Crippen LogP contribution in [0.3, 0.4) is 0 Å². The zero-order chi connectivity index (χ0) is 20.6. The van der Waals surface area contributed by atoms with Crippen molar-refractivity contribution in [3.8, 4) is 11.5 Å². The van der Waals surface area contributed by atoms with Gasteiger partial charge in [-0.25, -0.2) is 4.79 Å². The number of rotatable bonds is 6. The Balaban J connectivity index is 1.41. The lowest BCUT2D eigenvalue weighted by atomic mass is 10.0. The van der Waals surface area contributed by atoms with Crippen molar-refractivity contribution in [2.75, 3.05) is 27.3 Å². The molecule has 154 valence electrons. The molecule has 2 N–H and O–H groups in total. The van der Waals surface area contributed by atoms with Crippen molar-refractivity contribution >= 4 is 11.9 Å². The van der Waals surface area contributed by atoms with Crippen LogP contribution < -0.4 is 20.1 Å². The number of carbonyl (C=O) groups is 2. The molecule has 2 aromatic carbocycles. The lowest BCUT2D eigenvalue weighted by Crippen LogP contribution is -2.49. The van der Waals surface area contributed by atoms with Crippen molar-refractivity contribution in [1.82, 2.24) is 15.5 Å². The van der Waals surface area contributed by atoms with Gasteiger partial charge in [-0.15, -0.1) is 0 Å². The number of nitrogens with one attached hydrogen (secondary N) is 2. The maximum Gasteiger partial charge on any atom is 0.315 e. The van der Waals surface area contributed by atoms with Crippen LogP contribution in [-0.4, -0.2) is 50.2 Å². The van der Waals surface area contributed by atoms with E-state index in [0.29, 0.717) is 25.2 Å². The highest BCUT2D eigenvalue weighted by Crippen LogP contribution is 2.17. The van der Waals surface area contributed by atoms with Crippen molar-refractivity contribution < 1.29 is 19.1 Å². The summed E-state index contributed by atoms with van der Waals surface area (Å²) in [6, 6.07) is 14.6. The highest BCUT2D eigenvalue weighted by molar-refractivity contribution is 5.94. The molecular formula is C22H27N3O4. The summed E-state index contributed by atoms with van der Waals surface area (Å²) in [5, 5.41) is 5.87. The maximum atomic E-state index is 12.6. The number of nitrogens with zero attached hydrogens (tertiary/aromatic N) is 1. The number of piperidine rings is 1. The second-order valence-corrected chi connectivity index (χ2v) is 6.97. The molecule has 1 heterocycles. The van der Waals surface area contributed by atoms with Crippen LogP contribution in [0.4, 0.5) is 4.79 Å². The van der Waals surface area contributed by atoms with Gasteiger partial charge in [0.05, 0.1) is 14.2 Å². The first-order valence-corrected chi connectivity index (χ1v) is 9.69. The number of amides is 3. The number of urea groups is 1. The van der Waals surface area contributed by atoms with Crippen molar-refractivity contribution in [3.05, 3.63) is 59.7 Å². The standard InChI is InChI=1S/C22H27N3O4/c1-28-19-7-3-16(4-8-19)15-23-22(27)24-18-11-13-25(14-12-18)21(26)17-5-9-20(29-2)10-6-17/h3-10,18H,11-15H2,1-2H3,(H2,23,24,27). The molecule has 0 aromatic heterocycles. The van der Waals surface area contributed by atoms with Crippen molar-refractivity contribution in [2.24, 2.45) is 0 Å². The molecule has 0 bridgehead atoms. The van der Waals surface area contributed by atoms with Crippen molar-refractivity contribution in [3.63, 3.8) is 0 Å². The predicted molar refractivity (Wildman–Crippen MR) is 110 cm³/mol. The molecule has 1 saturated heterocycles. The van der Waals surface area contributed by atoms with E-state index < -0.39 is 0 Å². The average molecular weight is 397 g/mol. The molecule has 7 heteroatoms. The molecule has 0 atom stereocenters. The summed E-state index contributed by atoms with van der Waals surface area (Å²) in [5.41, 5.74) is 1.65. The summed E-state index contributed by atoms with van der Waals surface area (Å²) in [6.45, 7) is 1.69. The third-order valence-corrected chi connectivity index (χ3v) is 5.07. The molecule has 1 fully saturated rings. The van der Waals surface area contributed by atoms with E-state index in [9.17, 15) is 9.59 Å². The van der Waals surface area contributed by atoms with Gasteiger partial charge in [0.2, 0.25) is 0 Å². The summed E-state index contributed by atoms with van der Waals surface area (Å²) in [4.78, 5) is 26.6. The molecule has 0 unspecified atom stereocenters. The molecule has 0 saturated carbocycles. The van der Waals surface area contributed by atoms with Crippen molar-refractivity contribution in [1.29, 1.82) is 0 Å². The molecule has 7 nitrogen and oxygen atoms in total. The second kappa shape index (κ2) is 9.82. The number of carbonyl (C=O) groups excluding carboxylic acids is 2. The lowest BCUT2D eigenvalue weighted by molar-refractivity contribution is 0.0708. The van der Waals surface area contributed by atoms with Crippen LogP contribution in [0.2, 0.25) is 0 Å². The summed E-state index contributed by atoms with van der Waals surface area (Å²) >= 11 is 0. The fourth-order valence-corrected chi connectivity index (χ4v) is 3.31. The van der Waals surface area contributed by atoms with Crippen molar-refractivity contribution in [2.45, 2.75) is 25.4 Å². The number of methoxy groups -OCH3 is 2. The van der Waals surface area contributed by atoms with E-state index in [-0.39, 0.29) is 18.0 Å². The van der Waals surface area contributed by atoms with Crippen LogP contribution in [0, 0.1) is 0 Å². The van der Waals surface area contributed by atoms with Gasteiger partial charge in [0.15, 0.2) is 0 Å². The molecule has 2 aromatic rings. The Morgan fingerprint density at radius 3 is 2.03 bits per heavy atom. The Labute approximate surface area is 171 Å². The number of hydrogen-bond donors (Lipinski definition) is 2. The fourth-order valence-electron chi connectivity index (χ4n) is 3.31. The van der Waals surface area contributed by atoms with Crippen LogP contribution in [-0.2, 0) is 6.54 Å². The van der Waals surface area contributed by atoms with E-state index in [1.165, 1.54) is 0 Å². The quantitative estimate of drug-likeness (QED) is 0.786. The topological polar surface area (TPSA) is 79.9 Å². The molecule has 0 radical (unpaired) electrons. The van der Waals surface area contributed by atoms with Gasteiger partial charge in [0, 0.05) is 31.2 Å². The van der Waals surface area contributed by atoms with Gasteiger partial charge in [-0.3, -0.25) is 4.79 Å². The van der Waals surface area contributed by atoms with Crippen LogP contribution in [0.25, 0.3) is 0 Å². The summed E-state index contributed by atoms with van der Waals surface area (Å²) in [6.07, 6.45) is 1.47. The minimum absolute atomic E-state index is 0.00932. The third-order valence-electron chi connectivity index (χ3n) is 5.07. The first kappa shape index (κ1) is 20.5. The van der Waals surface area contributed by atoms with E-state index in [4.69, 9.17) is 9.47 Å². The minimum Gasteiger partial charge on any atom is -0.497 e. The summed E-state index contributed by atoms with van der Waals surface area (Å²) < 4.78 is 10.3. The Morgan fingerprint density at radius 1 is 0.931 bits per heavy atom. The third kappa shape index (κ3) is 5.63. The van der Waals surface area contributed by atoms with Gasteiger partial charge in [0.1, 0.15) is 11.5 Å². The maximum absolute atomic E-state index is 12.6. The van der Waals surface area contributed by atoms with E-state index in [1.807, 2.05) is 29.2 Å². The molecule has 1 aliphatic heterocycles. The van der Waals surface area contributed by atoms with E-state index in [1.54, 1.807) is 38.5 Å². The van der Waals surface area contributed by atoms with E-state index in [0.717, 1.165) is 29.9 Å². The summed E-state index contributed by atoms with van der Waals surface area (Å²) in [5.74, 6) is 1.52. The number of likely N-dealkylation sites (tertiary alicyclic amines) is 1. The van der Waals surface area contributed by atoms with Gasteiger partial charge in [0.25, 0.3) is 5.91 Å². The van der Waals surface area contributed by atoms with E-state index >= 15 is 0 Å². The highest BCUT2D eigenvalue weighted by Gasteiger charge is 2.24. The minimum atomic E-state index is -0.194. The van der Waals surface area contributed by atoms with Crippen LogP contribution in [0.5, 0.6) is 11.5 Å². The Hall–Kier alpha value is -3.22. The Kier molecular flexibility index (Phi) is 6.94. The highest BCUT2D eigenvalue weighted by atomic mass is 16.5. The van der Waals surface area contributed by atoms with E-state index in [2.05, 4.69) is 10.6 Å². The molecule has 0 aliphatic carbocycles. The number of benzene rings is 2. The zero-order valence-corrected chi connectivity index (χ0v) is 16.8. The smallest absolute Gasteiger partial charge is 0.315 e. The van der Waals surface area contributed by atoms with Crippen LogP contribution >= 0.6 is 0 Å². The van der Waals surface area contributed by atoms with Gasteiger partial charge >= 0.3 is 6.03 Å². The van der Waals surface area contributed by atoms with Gasteiger partial charge in [-0.1, -0.05) is 12.1 Å². The molecule has 29 heavy (non-hydrogen) atoms. The monoisotopic (exact) mass is 397 g/mol. The predicted octanol–water partition coefficient (Wildman–Crippen LogP) is 2.81. The normalized spacial score (nSPS) is 14.2. The first-order chi connectivity index (χ1) is 14.1. The summed E-state index contributed by atoms with van der Waals surface area (Å²) in [7, 11) is 3.22. The molecule has 0 spiro atoms.